The normalized spacial score (nSPS) is 11.4. The SMILES string of the molecule is c1ccc(-c2nc(-c3ccccc3)c3ccc(-c4cccc5c6ccccc6n(-c6ccccc6)c45)cc3n2)cc1. The highest BCUT2D eigenvalue weighted by Gasteiger charge is 2.18. The van der Waals surface area contributed by atoms with Gasteiger partial charge in [0, 0.05) is 38.5 Å². The lowest BCUT2D eigenvalue weighted by atomic mass is 9.98. The van der Waals surface area contributed by atoms with Crippen LogP contribution < -0.4 is 0 Å². The van der Waals surface area contributed by atoms with E-state index in [1.165, 1.54) is 27.4 Å². The van der Waals surface area contributed by atoms with Gasteiger partial charge in [0.25, 0.3) is 0 Å². The molecule has 0 amide bonds. The molecule has 0 bridgehead atoms. The molecule has 0 aliphatic carbocycles. The Bertz CT molecular complexity index is 2180. The van der Waals surface area contributed by atoms with Crippen LogP contribution in [-0.4, -0.2) is 14.5 Å². The molecule has 0 N–H and O–H groups in total. The van der Waals surface area contributed by atoms with Crippen molar-refractivity contribution >= 4 is 32.7 Å². The molecule has 0 saturated carbocycles. The van der Waals surface area contributed by atoms with Crippen molar-refractivity contribution in [2.45, 2.75) is 0 Å². The average Bonchev–Trinajstić information content (AvgIpc) is 3.40. The maximum Gasteiger partial charge on any atom is 0.160 e. The van der Waals surface area contributed by atoms with Crippen molar-refractivity contribution in [3.8, 4) is 39.5 Å². The number of nitrogens with zero attached hydrogens (tertiary/aromatic N) is 3. The van der Waals surface area contributed by atoms with Crippen molar-refractivity contribution in [1.29, 1.82) is 0 Å². The van der Waals surface area contributed by atoms with Gasteiger partial charge in [-0.25, -0.2) is 9.97 Å². The van der Waals surface area contributed by atoms with Crippen molar-refractivity contribution in [2.24, 2.45) is 0 Å². The molecule has 0 aliphatic rings. The Balaban J connectivity index is 1.42. The van der Waals surface area contributed by atoms with Crippen molar-refractivity contribution in [3.63, 3.8) is 0 Å². The standard InChI is InChI=1S/C38H25N3/c1-4-13-26(14-5-1)36-33-24-23-28(25-34(33)39-38(40-36)27-15-6-2-7-16-27)30-20-12-21-32-31-19-10-11-22-35(31)41(37(30)32)29-17-8-3-9-18-29/h1-25H. The second-order valence-electron chi connectivity index (χ2n) is 10.2. The van der Waals surface area contributed by atoms with Crippen LogP contribution in [0.15, 0.2) is 152 Å². The van der Waals surface area contributed by atoms with Crippen LogP contribution in [-0.2, 0) is 0 Å². The maximum absolute atomic E-state index is 5.10. The van der Waals surface area contributed by atoms with Gasteiger partial charge in [0.15, 0.2) is 5.82 Å². The number of aromatic nitrogens is 3. The summed E-state index contributed by atoms with van der Waals surface area (Å²) in [6, 6.07) is 53.1. The van der Waals surface area contributed by atoms with E-state index in [9.17, 15) is 0 Å². The number of hydrogen-bond acceptors (Lipinski definition) is 2. The van der Waals surface area contributed by atoms with Crippen molar-refractivity contribution < 1.29 is 0 Å². The lowest BCUT2D eigenvalue weighted by Gasteiger charge is -2.13. The molecule has 0 unspecified atom stereocenters. The highest BCUT2D eigenvalue weighted by Crippen LogP contribution is 2.39. The number of rotatable bonds is 4. The van der Waals surface area contributed by atoms with E-state index in [0.29, 0.717) is 0 Å². The van der Waals surface area contributed by atoms with Gasteiger partial charge in [-0.1, -0.05) is 121 Å². The summed E-state index contributed by atoms with van der Waals surface area (Å²) in [5.41, 5.74) is 9.78. The van der Waals surface area contributed by atoms with E-state index in [4.69, 9.17) is 9.97 Å². The smallest absolute Gasteiger partial charge is 0.160 e. The van der Waals surface area contributed by atoms with Crippen LogP contribution in [0.2, 0.25) is 0 Å². The molecule has 41 heavy (non-hydrogen) atoms. The molecule has 0 aliphatic heterocycles. The molecule has 0 radical (unpaired) electrons. The molecule has 8 aromatic rings. The molecule has 3 nitrogen and oxygen atoms in total. The summed E-state index contributed by atoms with van der Waals surface area (Å²) in [5.74, 6) is 0.728. The zero-order valence-corrected chi connectivity index (χ0v) is 22.3. The van der Waals surface area contributed by atoms with Gasteiger partial charge in [0.1, 0.15) is 0 Å². The summed E-state index contributed by atoms with van der Waals surface area (Å²) in [6.07, 6.45) is 0. The summed E-state index contributed by atoms with van der Waals surface area (Å²) >= 11 is 0. The first-order valence-corrected chi connectivity index (χ1v) is 13.9. The highest BCUT2D eigenvalue weighted by molar-refractivity contribution is 6.14. The highest BCUT2D eigenvalue weighted by atomic mass is 15.0. The first-order chi connectivity index (χ1) is 20.3. The number of hydrogen-bond donors (Lipinski definition) is 0. The van der Waals surface area contributed by atoms with Crippen LogP contribution in [0.1, 0.15) is 0 Å². The fraction of sp³-hybridized carbons (Fsp3) is 0. The van der Waals surface area contributed by atoms with Gasteiger partial charge in [-0.05, 0) is 35.9 Å². The van der Waals surface area contributed by atoms with Crippen LogP contribution in [0.3, 0.4) is 0 Å². The summed E-state index contributed by atoms with van der Waals surface area (Å²) in [5, 5.41) is 3.52. The number of para-hydroxylation sites is 3. The summed E-state index contributed by atoms with van der Waals surface area (Å²) in [7, 11) is 0. The average molecular weight is 524 g/mol. The van der Waals surface area contributed by atoms with Crippen LogP contribution in [0.25, 0.3) is 72.2 Å². The lowest BCUT2D eigenvalue weighted by Crippen LogP contribution is -1.97. The third-order valence-corrected chi connectivity index (χ3v) is 7.80. The van der Waals surface area contributed by atoms with Gasteiger partial charge in [0.05, 0.1) is 22.2 Å². The molecule has 2 heterocycles. The summed E-state index contributed by atoms with van der Waals surface area (Å²) in [4.78, 5) is 10.2. The Morgan fingerprint density at radius 1 is 0.439 bits per heavy atom. The monoisotopic (exact) mass is 523 g/mol. The van der Waals surface area contributed by atoms with Crippen LogP contribution in [0.5, 0.6) is 0 Å². The minimum absolute atomic E-state index is 0.728. The van der Waals surface area contributed by atoms with E-state index in [1.54, 1.807) is 0 Å². The van der Waals surface area contributed by atoms with Gasteiger partial charge in [-0.15, -0.1) is 0 Å². The molecule has 8 rings (SSSR count). The van der Waals surface area contributed by atoms with Crippen LogP contribution >= 0.6 is 0 Å². The van der Waals surface area contributed by atoms with Gasteiger partial charge in [-0.2, -0.15) is 0 Å². The topological polar surface area (TPSA) is 30.7 Å². The fourth-order valence-corrected chi connectivity index (χ4v) is 5.93. The molecular formula is C38H25N3. The maximum atomic E-state index is 5.10. The van der Waals surface area contributed by atoms with Gasteiger partial charge >= 0.3 is 0 Å². The largest absolute Gasteiger partial charge is 0.309 e. The Morgan fingerprint density at radius 2 is 1.10 bits per heavy atom. The first kappa shape index (κ1) is 23.4. The predicted octanol–water partition coefficient (Wildman–Crippen LogP) is 9.73. The Kier molecular flexibility index (Phi) is 5.46. The van der Waals surface area contributed by atoms with Gasteiger partial charge < -0.3 is 4.57 Å². The van der Waals surface area contributed by atoms with E-state index in [-0.39, 0.29) is 0 Å². The minimum atomic E-state index is 0.728. The molecule has 3 heteroatoms. The Labute approximate surface area is 238 Å². The van der Waals surface area contributed by atoms with E-state index >= 15 is 0 Å². The van der Waals surface area contributed by atoms with Gasteiger partial charge in [-0.3, -0.25) is 0 Å². The zero-order chi connectivity index (χ0) is 27.2. The quantitative estimate of drug-likeness (QED) is 0.230. The van der Waals surface area contributed by atoms with Crippen molar-refractivity contribution in [1.82, 2.24) is 14.5 Å². The van der Waals surface area contributed by atoms with Crippen LogP contribution in [0, 0.1) is 0 Å². The van der Waals surface area contributed by atoms with Crippen LogP contribution in [0.4, 0.5) is 0 Å². The summed E-state index contributed by atoms with van der Waals surface area (Å²) < 4.78 is 2.38. The third-order valence-electron chi connectivity index (χ3n) is 7.80. The predicted molar refractivity (Wildman–Crippen MR) is 170 cm³/mol. The van der Waals surface area contributed by atoms with Crippen molar-refractivity contribution in [2.75, 3.05) is 0 Å². The molecule has 192 valence electrons. The first-order valence-electron chi connectivity index (χ1n) is 13.9. The lowest BCUT2D eigenvalue weighted by molar-refractivity contribution is 1.18. The molecule has 6 aromatic carbocycles. The number of fused-ring (bicyclic) bond motifs is 4. The van der Waals surface area contributed by atoms with Gasteiger partial charge in [0.2, 0.25) is 0 Å². The van der Waals surface area contributed by atoms with E-state index < -0.39 is 0 Å². The fourth-order valence-electron chi connectivity index (χ4n) is 5.93. The summed E-state index contributed by atoms with van der Waals surface area (Å²) in [6.45, 7) is 0. The van der Waals surface area contributed by atoms with E-state index in [2.05, 4.69) is 132 Å². The zero-order valence-electron chi connectivity index (χ0n) is 22.3. The molecule has 0 fully saturated rings. The second-order valence-corrected chi connectivity index (χ2v) is 10.2. The molecule has 0 spiro atoms. The molecule has 0 atom stereocenters. The molecular weight excluding hydrogens is 498 g/mol. The third kappa shape index (κ3) is 3.90. The molecule has 0 saturated heterocycles. The Morgan fingerprint density at radius 3 is 1.88 bits per heavy atom. The van der Waals surface area contributed by atoms with Crippen molar-refractivity contribution in [3.05, 3.63) is 152 Å². The molecule has 2 aromatic heterocycles. The van der Waals surface area contributed by atoms with E-state index in [0.717, 1.165) is 44.8 Å². The number of benzene rings is 6. The van der Waals surface area contributed by atoms with E-state index in [1.807, 2.05) is 24.3 Å². The minimum Gasteiger partial charge on any atom is -0.309 e. The second kappa shape index (κ2) is 9.58. The Hall–Kier alpha value is -5.54.